The molecule has 0 spiro atoms. The van der Waals surface area contributed by atoms with Crippen LogP contribution >= 0.6 is 11.3 Å². The first-order valence-corrected chi connectivity index (χ1v) is 13.8. The molecule has 1 aliphatic heterocycles. The van der Waals surface area contributed by atoms with Gasteiger partial charge in [0.1, 0.15) is 12.4 Å². The number of nitrogens with zero attached hydrogens (tertiary/aromatic N) is 2. The van der Waals surface area contributed by atoms with E-state index in [-0.39, 0.29) is 12.2 Å². The van der Waals surface area contributed by atoms with Crippen molar-refractivity contribution >= 4 is 23.4 Å². The number of fused-ring (bicyclic) bond motifs is 1. The Hall–Kier alpha value is -4.11. The number of ether oxygens (including phenoxy) is 4. The molecule has 9 heteroatoms. The highest BCUT2D eigenvalue weighted by Crippen LogP contribution is 2.32. The number of carbonyl (C=O) groups is 1. The van der Waals surface area contributed by atoms with E-state index in [1.807, 2.05) is 30.3 Å². The van der Waals surface area contributed by atoms with Crippen LogP contribution in [0.25, 0.3) is 6.08 Å². The van der Waals surface area contributed by atoms with Crippen LogP contribution in [0.2, 0.25) is 0 Å². The maximum absolute atomic E-state index is 13.9. The zero-order chi connectivity index (χ0) is 28.8. The smallest absolute Gasteiger partial charge is 0.338 e. The van der Waals surface area contributed by atoms with Crippen molar-refractivity contribution in [1.29, 1.82) is 0 Å². The molecule has 1 atom stereocenters. The molecule has 4 rings (SSSR count). The number of hydrogen-bond donors (Lipinski definition) is 0. The summed E-state index contributed by atoms with van der Waals surface area (Å²) in [5.41, 5.74) is 2.05. The Balaban J connectivity index is 1.80. The second kappa shape index (κ2) is 12.8. The van der Waals surface area contributed by atoms with Gasteiger partial charge in [0.25, 0.3) is 5.56 Å². The van der Waals surface area contributed by atoms with E-state index in [4.69, 9.17) is 18.9 Å². The summed E-state index contributed by atoms with van der Waals surface area (Å²) in [7, 11) is 3.17. The molecule has 0 saturated carbocycles. The van der Waals surface area contributed by atoms with Crippen LogP contribution in [0.3, 0.4) is 0 Å². The first-order valence-electron chi connectivity index (χ1n) is 13.0. The fourth-order valence-electron chi connectivity index (χ4n) is 4.35. The quantitative estimate of drug-likeness (QED) is 0.254. The lowest BCUT2D eigenvalue weighted by Crippen LogP contribution is -2.39. The molecule has 1 unspecified atom stereocenters. The molecule has 0 saturated heterocycles. The van der Waals surface area contributed by atoms with Crippen LogP contribution in [0.5, 0.6) is 17.2 Å². The molecule has 3 aromatic rings. The molecule has 2 heterocycles. The number of thiazole rings is 1. The monoisotopic (exact) mass is 562 g/mol. The van der Waals surface area contributed by atoms with Crippen LogP contribution in [0.4, 0.5) is 0 Å². The Morgan fingerprint density at radius 1 is 1.12 bits per heavy atom. The molecule has 0 amide bonds. The van der Waals surface area contributed by atoms with Gasteiger partial charge in [0, 0.05) is 0 Å². The summed E-state index contributed by atoms with van der Waals surface area (Å²) in [6, 6.07) is 12.1. The van der Waals surface area contributed by atoms with Crippen molar-refractivity contribution in [1.82, 2.24) is 4.57 Å². The summed E-state index contributed by atoms with van der Waals surface area (Å²) < 4.78 is 24.2. The van der Waals surface area contributed by atoms with Gasteiger partial charge in [0.2, 0.25) is 0 Å². The number of esters is 1. The topological polar surface area (TPSA) is 88.4 Å². The maximum Gasteiger partial charge on any atom is 0.338 e. The predicted octanol–water partition coefficient (Wildman–Crippen LogP) is 4.41. The normalized spacial score (nSPS) is 14.9. The Bertz CT molecular complexity index is 1600. The van der Waals surface area contributed by atoms with Crippen LogP contribution in [0.1, 0.15) is 44.4 Å². The Kier molecular flexibility index (Phi) is 9.26. The Morgan fingerprint density at radius 3 is 2.52 bits per heavy atom. The lowest BCUT2D eigenvalue weighted by molar-refractivity contribution is -0.138. The molecule has 210 valence electrons. The van der Waals surface area contributed by atoms with Crippen LogP contribution in [-0.2, 0) is 9.53 Å². The minimum Gasteiger partial charge on any atom is -0.497 e. The van der Waals surface area contributed by atoms with Gasteiger partial charge in [-0.3, -0.25) is 9.36 Å². The van der Waals surface area contributed by atoms with Gasteiger partial charge in [-0.05, 0) is 60.7 Å². The lowest BCUT2D eigenvalue weighted by Gasteiger charge is -2.24. The lowest BCUT2D eigenvalue weighted by atomic mass is 9.96. The van der Waals surface area contributed by atoms with Crippen molar-refractivity contribution in [3.8, 4) is 17.2 Å². The molecular weight excluding hydrogens is 528 g/mol. The molecule has 0 fully saturated rings. The number of allylic oxidation sites excluding steroid dienone is 1. The number of methoxy groups -OCH3 is 2. The third-order valence-corrected chi connectivity index (χ3v) is 7.43. The zero-order valence-electron chi connectivity index (χ0n) is 23.4. The molecule has 2 aromatic carbocycles. The second-order valence-corrected chi connectivity index (χ2v) is 10.7. The van der Waals surface area contributed by atoms with Crippen molar-refractivity contribution in [3.05, 3.63) is 97.2 Å². The number of hydrogen-bond acceptors (Lipinski definition) is 8. The first kappa shape index (κ1) is 28.9. The fraction of sp³-hybridized carbons (Fsp3) is 0.323. The van der Waals surface area contributed by atoms with E-state index in [2.05, 4.69) is 25.4 Å². The maximum atomic E-state index is 13.9. The largest absolute Gasteiger partial charge is 0.497 e. The van der Waals surface area contributed by atoms with Gasteiger partial charge in [0.05, 0.1) is 42.7 Å². The van der Waals surface area contributed by atoms with E-state index < -0.39 is 12.0 Å². The molecule has 1 aliphatic rings. The van der Waals surface area contributed by atoms with Gasteiger partial charge in [-0.25, -0.2) is 9.79 Å². The molecule has 0 bridgehead atoms. The summed E-state index contributed by atoms with van der Waals surface area (Å²) in [6.45, 7) is 10.3. The fourth-order valence-corrected chi connectivity index (χ4v) is 5.39. The summed E-state index contributed by atoms with van der Waals surface area (Å²) in [5.74, 6) is 1.89. The van der Waals surface area contributed by atoms with Crippen LogP contribution in [0, 0.1) is 5.92 Å². The third kappa shape index (κ3) is 6.20. The molecule has 8 nitrogen and oxygen atoms in total. The van der Waals surface area contributed by atoms with Gasteiger partial charge in [0.15, 0.2) is 16.3 Å². The van der Waals surface area contributed by atoms with Gasteiger partial charge in [-0.1, -0.05) is 56.0 Å². The first-order chi connectivity index (χ1) is 19.3. The predicted molar refractivity (Wildman–Crippen MR) is 156 cm³/mol. The van der Waals surface area contributed by atoms with Crippen molar-refractivity contribution in [3.63, 3.8) is 0 Å². The van der Waals surface area contributed by atoms with Crippen molar-refractivity contribution < 1.29 is 23.7 Å². The summed E-state index contributed by atoms with van der Waals surface area (Å²) in [6.07, 6.45) is 4.23. The third-order valence-electron chi connectivity index (χ3n) is 6.44. The van der Waals surface area contributed by atoms with Crippen molar-refractivity contribution in [2.45, 2.75) is 33.2 Å². The number of aromatic nitrogens is 1. The van der Waals surface area contributed by atoms with E-state index in [9.17, 15) is 9.59 Å². The zero-order valence-corrected chi connectivity index (χ0v) is 24.2. The average Bonchev–Trinajstić information content (AvgIpc) is 3.25. The standard InChI is InChI=1S/C31H34N2O6S/c1-7-15-39-30(35)27-20(4)32-31-33(28(27)22-9-11-23(36-5)12-10-22)29(34)26(40-31)18-21-8-13-24(25(17-21)37-6)38-16-14-19(2)3/h7-13,17-19,28H,1,14-16H2,2-6H3/b26-18+. The van der Waals surface area contributed by atoms with Crippen molar-refractivity contribution in [2.75, 3.05) is 27.4 Å². The molecule has 0 radical (unpaired) electrons. The van der Waals surface area contributed by atoms with Gasteiger partial charge in [-0.2, -0.15) is 0 Å². The van der Waals surface area contributed by atoms with Gasteiger partial charge >= 0.3 is 5.97 Å². The highest BCUT2D eigenvalue weighted by Gasteiger charge is 2.33. The summed E-state index contributed by atoms with van der Waals surface area (Å²) >= 11 is 1.26. The average molecular weight is 563 g/mol. The van der Waals surface area contributed by atoms with Gasteiger partial charge < -0.3 is 18.9 Å². The number of benzene rings is 2. The molecule has 0 aliphatic carbocycles. The minimum absolute atomic E-state index is 0.0500. The summed E-state index contributed by atoms with van der Waals surface area (Å²) in [5, 5.41) is 0. The number of carbonyl (C=O) groups excluding carboxylic acids is 1. The second-order valence-electron chi connectivity index (χ2n) is 9.68. The van der Waals surface area contributed by atoms with Crippen molar-refractivity contribution in [2.24, 2.45) is 10.9 Å². The summed E-state index contributed by atoms with van der Waals surface area (Å²) in [4.78, 5) is 32.1. The van der Waals surface area contributed by atoms with Crippen LogP contribution in [-0.4, -0.2) is 38.0 Å². The van der Waals surface area contributed by atoms with Gasteiger partial charge in [-0.15, -0.1) is 0 Å². The van der Waals surface area contributed by atoms with Crippen LogP contribution < -0.4 is 29.1 Å². The number of rotatable bonds is 11. The van der Waals surface area contributed by atoms with E-state index in [0.717, 1.165) is 17.5 Å². The molecule has 40 heavy (non-hydrogen) atoms. The van der Waals surface area contributed by atoms with E-state index in [1.165, 1.54) is 17.4 Å². The highest BCUT2D eigenvalue weighted by molar-refractivity contribution is 7.07. The van der Waals surface area contributed by atoms with E-state index in [1.54, 1.807) is 43.9 Å². The molecule has 1 aromatic heterocycles. The van der Waals surface area contributed by atoms with E-state index in [0.29, 0.717) is 50.4 Å². The SMILES string of the molecule is C=CCOC(=O)C1=C(C)N=c2s/c(=C/c3ccc(OCCC(C)C)c(OC)c3)c(=O)n2C1c1ccc(OC)cc1. The Morgan fingerprint density at radius 2 is 1.88 bits per heavy atom. The molecular formula is C31H34N2O6S. The van der Waals surface area contributed by atoms with Crippen LogP contribution in [0.15, 0.2) is 76.2 Å². The van der Waals surface area contributed by atoms with E-state index >= 15 is 0 Å². The molecule has 0 N–H and O–H groups in total. The highest BCUT2D eigenvalue weighted by atomic mass is 32.1. The Labute approximate surface area is 237 Å². The minimum atomic E-state index is -0.715.